The Balaban J connectivity index is 1.44. The average Bonchev–Trinajstić information content (AvgIpc) is 3.43. The van der Waals surface area contributed by atoms with Gasteiger partial charge in [-0.15, -0.1) is 0 Å². The molecule has 1 N–H and O–H groups in total. The molecule has 1 amide bonds. The highest BCUT2D eigenvalue weighted by Gasteiger charge is 2.59. The van der Waals surface area contributed by atoms with Crippen LogP contribution in [0.2, 0.25) is 0 Å². The van der Waals surface area contributed by atoms with Crippen LogP contribution < -0.4 is 10.4 Å². The molecule has 0 saturated heterocycles. The molecule has 4 aromatic rings. The second-order valence-electron chi connectivity index (χ2n) is 10.4. The first-order chi connectivity index (χ1) is 18.5. The molecule has 1 aliphatic heterocycles. The van der Waals surface area contributed by atoms with Crippen LogP contribution in [0.4, 0.5) is 4.39 Å². The van der Waals surface area contributed by atoms with Crippen molar-refractivity contribution in [1.82, 2.24) is 9.58 Å². The maximum atomic E-state index is 15.2. The molecule has 0 saturated carbocycles. The number of carbonyl (C=O) groups is 1. The van der Waals surface area contributed by atoms with Gasteiger partial charge in [0, 0.05) is 24.7 Å². The molecule has 3 aromatic carbocycles. The third-order valence-electron chi connectivity index (χ3n) is 8.49. The predicted octanol–water partition coefficient (Wildman–Crippen LogP) is 3.96. The summed E-state index contributed by atoms with van der Waals surface area (Å²) >= 11 is 0. The Morgan fingerprint density at radius 2 is 1.66 bits per heavy atom. The van der Waals surface area contributed by atoms with Gasteiger partial charge in [0.05, 0.1) is 0 Å². The first-order valence-electron chi connectivity index (χ1n) is 12.9. The standard InChI is InChI=1S/C31H26FN3O3/c32-26-12-6-11-25-23(26)18-22-17-21-9-4-5-10-24(21)31(22,25)35-19-33(15-13-20-7-2-1-3-8-20)30(38)28-29(37)27(36)14-16-34(28)35/h1-12,14,16,22,37H,13,15,17-19H2. The van der Waals surface area contributed by atoms with Crippen molar-refractivity contribution in [2.45, 2.75) is 24.8 Å². The lowest BCUT2D eigenvalue weighted by atomic mass is 9.81. The molecule has 0 bridgehead atoms. The third kappa shape index (κ3) is 3.05. The molecule has 2 heterocycles. The number of pyridine rings is 1. The number of hydrogen-bond acceptors (Lipinski definition) is 4. The first-order valence-corrected chi connectivity index (χ1v) is 12.9. The van der Waals surface area contributed by atoms with Gasteiger partial charge in [-0.25, -0.2) is 4.39 Å². The molecular formula is C31H26FN3O3. The highest BCUT2D eigenvalue weighted by Crippen LogP contribution is 2.57. The molecule has 190 valence electrons. The molecule has 2 unspecified atom stereocenters. The van der Waals surface area contributed by atoms with Crippen molar-refractivity contribution in [3.63, 3.8) is 0 Å². The molecule has 38 heavy (non-hydrogen) atoms. The number of amides is 1. The normalized spacial score (nSPS) is 21.2. The highest BCUT2D eigenvalue weighted by molar-refractivity contribution is 5.96. The number of aromatic nitrogens is 1. The Morgan fingerprint density at radius 3 is 2.50 bits per heavy atom. The quantitative estimate of drug-likeness (QED) is 0.454. The lowest BCUT2D eigenvalue weighted by Gasteiger charge is -2.50. The molecule has 0 radical (unpaired) electrons. The van der Waals surface area contributed by atoms with Crippen molar-refractivity contribution in [3.05, 3.63) is 135 Å². The monoisotopic (exact) mass is 507 g/mol. The van der Waals surface area contributed by atoms with Crippen LogP contribution in [0.5, 0.6) is 5.75 Å². The maximum absolute atomic E-state index is 15.2. The topological polar surface area (TPSA) is 65.8 Å². The fourth-order valence-electron chi connectivity index (χ4n) is 6.87. The van der Waals surface area contributed by atoms with Gasteiger partial charge in [-0.05, 0) is 53.1 Å². The van der Waals surface area contributed by atoms with E-state index in [1.807, 2.05) is 48.5 Å². The third-order valence-corrected chi connectivity index (χ3v) is 8.49. The van der Waals surface area contributed by atoms with Crippen molar-refractivity contribution in [1.29, 1.82) is 0 Å². The van der Waals surface area contributed by atoms with E-state index in [-0.39, 0.29) is 24.1 Å². The number of hydrogen-bond donors (Lipinski definition) is 1. The summed E-state index contributed by atoms with van der Waals surface area (Å²) in [4.78, 5) is 27.9. The molecule has 7 rings (SSSR count). The summed E-state index contributed by atoms with van der Waals surface area (Å²) in [6, 6.07) is 24.6. The Bertz CT molecular complexity index is 1650. The number of nitrogens with zero attached hydrogens (tertiary/aromatic N) is 3. The molecule has 7 heteroatoms. The summed E-state index contributed by atoms with van der Waals surface area (Å²) in [5.41, 5.74) is 3.47. The van der Waals surface area contributed by atoms with Crippen LogP contribution >= 0.6 is 0 Å². The van der Waals surface area contributed by atoms with Gasteiger partial charge in [-0.2, -0.15) is 0 Å². The zero-order valence-corrected chi connectivity index (χ0v) is 20.7. The van der Waals surface area contributed by atoms with Crippen molar-refractivity contribution in [2.24, 2.45) is 5.92 Å². The van der Waals surface area contributed by atoms with E-state index in [9.17, 15) is 14.7 Å². The summed E-state index contributed by atoms with van der Waals surface area (Å²) in [5, 5.41) is 12.9. The summed E-state index contributed by atoms with van der Waals surface area (Å²) in [6.45, 7) is 0.627. The number of benzene rings is 3. The van der Waals surface area contributed by atoms with E-state index >= 15 is 4.39 Å². The Labute approximate surface area is 219 Å². The summed E-state index contributed by atoms with van der Waals surface area (Å²) in [5.74, 6) is -1.18. The van der Waals surface area contributed by atoms with Gasteiger partial charge in [0.2, 0.25) is 5.43 Å². The Kier molecular flexibility index (Phi) is 4.98. The lowest BCUT2D eigenvalue weighted by molar-refractivity contribution is 0.0649. The Morgan fingerprint density at radius 1 is 0.895 bits per heavy atom. The lowest BCUT2D eigenvalue weighted by Crippen LogP contribution is -2.63. The predicted molar refractivity (Wildman–Crippen MR) is 141 cm³/mol. The van der Waals surface area contributed by atoms with Crippen molar-refractivity contribution in [3.8, 4) is 5.75 Å². The van der Waals surface area contributed by atoms with E-state index in [0.29, 0.717) is 24.9 Å². The molecule has 0 fully saturated rings. The fourth-order valence-corrected chi connectivity index (χ4v) is 6.87. The molecule has 1 aromatic heterocycles. The molecular weight excluding hydrogens is 481 g/mol. The van der Waals surface area contributed by atoms with E-state index in [2.05, 4.69) is 17.1 Å². The summed E-state index contributed by atoms with van der Waals surface area (Å²) in [6.07, 6.45) is 3.51. The van der Waals surface area contributed by atoms with E-state index in [1.54, 1.807) is 21.8 Å². The summed E-state index contributed by atoms with van der Waals surface area (Å²) in [7, 11) is 0. The van der Waals surface area contributed by atoms with Gasteiger partial charge >= 0.3 is 0 Å². The van der Waals surface area contributed by atoms with Crippen LogP contribution in [0.25, 0.3) is 0 Å². The van der Waals surface area contributed by atoms with Crippen molar-refractivity contribution < 1.29 is 14.3 Å². The van der Waals surface area contributed by atoms with E-state index in [0.717, 1.165) is 23.1 Å². The summed E-state index contributed by atoms with van der Waals surface area (Å²) < 4.78 is 16.8. The number of halogens is 1. The molecule has 3 aliphatic rings. The van der Waals surface area contributed by atoms with Gasteiger partial charge in [-0.3, -0.25) is 19.3 Å². The van der Waals surface area contributed by atoms with Gasteiger partial charge < -0.3 is 10.0 Å². The second-order valence-corrected chi connectivity index (χ2v) is 10.4. The fraction of sp³-hybridized carbons (Fsp3) is 0.226. The average molecular weight is 508 g/mol. The van der Waals surface area contributed by atoms with E-state index < -0.39 is 22.6 Å². The smallest absolute Gasteiger partial charge is 0.277 e. The highest BCUT2D eigenvalue weighted by atomic mass is 19.1. The van der Waals surface area contributed by atoms with Gasteiger partial charge in [-0.1, -0.05) is 66.7 Å². The van der Waals surface area contributed by atoms with Gasteiger partial charge in [0.15, 0.2) is 11.4 Å². The van der Waals surface area contributed by atoms with Crippen molar-refractivity contribution >= 4 is 5.91 Å². The molecule has 2 atom stereocenters. The zero-order chi connectivity index (χ0) is 26.0. The van der Waals surface area contributed by atoms with Gasteiger partial charge in [0.25, 0.3) is 5.91 Å². The van der Waals surface area contributed by atoms with Crippen LogP contribution in [0.15, 0.2) is 89.9 Å². The molecule has 0 spiro atoms. The van der Waals surface area contributed by atoms with Crippen LogP contribution in [-0.2, 0) is 24.8 Å². The minimum Gasteiger partial charge on any atom is -0.502 e. The maximum Gasteiger partial charge on any atom is 0.277 e. The minimum absolute atomic E-state index is 0.0189. The number of rotatable bonds is 4. The SMILES string of the molecule is O=C1c2c(O)c(=O)ccn2N(C23c4ccccc4CC2Cc2c(F)cccc23)CN1CCc1ccccc1. The van der Waals surface area contributed by atoms with Gasteiger partial charge in [0.1, 0.15) is 18.0 Å². The minimum atomic E-state index is -0.768. The van der Waals surface area contributed by atoms with Crippen LogP contribution in [0.3, 0.4) is 0 Å². The van der Waals surface area contributed by atoms with Crippen LogP contribution in [-0.4, -0.2) is 33.8 Å². The number of fused-ring (bicyclic) bond motifs is 6. The number of aromatic hydroxyl groups is 1. The Hall–Kier alpha value is -4.39. The first kappa shape index (κ1) is 22.8. The van der Waals surface area contributed by atoms with Crippen LogP contribution in [0.1, 0.15) is 38.3 Å². The molecule has 6 nitrogen and oxygen atoms in total. The van der Waals surface area contributed by atoms with E-state index in [4.69, 9.17) is 0 Å². The molecule has 2 aliphatic carbocycles. The largest absolute Gasteiger partial charge is 0.502 e. The van der Waals surface area contributed by atoms with Crippen molar-refractivity contribution in [2.75, 3.05) is 18.2 Å². The second kappa shape index (κ2) is 8.31. The number of carbonyl (C=O) groups excluding carboxylic acids is 1. The van der Waals surface area contributed by atoms with E-state index in [1.165, 1.54) is 17.7 Å². The van der Waals surface area contributed by atoms with Crippen LogP contribution in [0, 0.1) is 11.7 Å². The zero-order valence-electron chi connectivity index (χ0n) is 20.7.